The molecule has 1 heterocycles. The number of hydrogen-bond donors (Lipinski definition) is 1. The first-order valence-corrected chi connectivity index (χ1v) is 6.30. The highest BCUT2D eigenvalue weighted by atomic mass is 32.2. The molecule has 1 N–H and O–H groups in total. The van der Waals surface area contributed by atoms with E-state index in [-0.39, 0.29) is 0 Å². The first kappa shape index (κ1) is 10.6. The fraction of sp³-hybridized carbons (Fsp3) is 0.0667. The number of benzene rings is 2. The SMILES string of the molecule is C=CC1(O)c2ccccc2Sc2ccccc21. The van der Waals surface area contributed by atoms with E-state index in [0.29, 0.717) is 0 Å². The molecule has 2 aromatic rings. The minimum absolute atomic E-state index is 0.915. The Morgan fingerprint density at radius 3 is 1.88 bits per heavy atom. The third kappa shape index (κ3) is 1.45. The molecule has 1 nitrogen and oxygen atoms in total. The van der Waals surface area contributed by atoms with Gasteiger partial charge >= 0.3 is 0 Å². The molecule has 3 rings (SSSR count). The van der Waals surface area contributed by atoms with Gasteiger partial charge in [0.15, 0.2) is 0 Å². The normalized spacial score (nSPS) is 15.8. The van der Waals surface area contributed by atoms with Crippen LogP contribution in [0.4, 0.5) is 0 Å². The molecule has 0 saturated carbocycles. The molecule has 0 bridgehead atoms. The molecule has 0 aromatic heterocycles. The third-order valence-electron chi connectivity index (χ3n) is 3.11. The number of aliphatic hydroxyl groups is 1. The molecular weight excluding hydrogens is 228 g/mol. The number of hydrogen-bond acceptors (Lipinski definition) is 2. The van der Waals surface area contributed by atoms with Crippen molar-refractivity contribution in [3.63, 3.8) is 0 Å². The van der Waals surface area contributed by atoms with Crippen molar-refractivity contribution < 1.29 is 5.11 Å². The van der Waals surface area contributed by atoms with Crippen LogP contribution >= 0.6 is 11.8 Å². The van der Waals surface area contributed by atoms with E-state index < -0.39 is 5.60 Å². The van der Waals surface area contributed by atoms with Crippen LogP contribution in [0.3, 0.4) is 0 Å². The molecule has 0 fully saturated rings. The van der Waals surface area contributed by atoms with E-state index in [1.807, 2.05) is 48.5 Å². The van der Waals surface area contributed by atoms with Gasteiger partial charge in [0.25, 0.3) is 0 Å². The molecule has 0 amide bonds. The smallest absolute Gasteiger partial charge is 0.135 e. The Labute approximate surface area is 105 Å². The first-order valence-electron chi connectivity index (χ1n) is 5.48. The lowest BCUT2D eigenvalue weighted by Crippen LogP contribution is -2.28. The highest BCUT2D eigenvalue weighted by molar-refractivity contribution is 7.99. The molecular formula is C15H12OS. The first-order chi connectivity index (χ1) is 8.25. The molecule has 0 unspecified atom stereocenters. The van der Waals surface area contributed by atoms with E-state index in [2.05, 4.69) is 6.58 Å². The van der Waals surface area contributed by atoms with Crippen molar-refractivity contribution in [2.45, 2.75) is 15.4 Å². The molecule has 1 aliphatic rings. The predicted octanol–water partition coefficient (Wildman–Crippen LogP) is 3.57. The van der Waals surface area contributed by atoms with Crippen LogP contribution < -0.4 is 0 Å². The molecule has 17 heavy (non-hydrogen) atoms. The van der Waals surface area contributed by atoms with Crippen LogP contribution in [0.2, 0.25) is 0 Å². The molecule has 84 valence electrons. The zero-order chi connectivity index (χ0) is 11.9. The highest BCUT2D eigenvalue weighted by Crippen LogP contribution is 2.48. The van der Waals surface area contributed by atoms with E-state index in [1.54, 1.807) is 17.8 Å². The maximum absolute atomic E-state index is 10.9. The minimum Gasteiger partial charge on any atom is -0.377 e. The van der Waals surface area contributed by atoms with Gasteiger partial charge in [-0.25, -0.2) is 0 Å². The molecule has 0 spiro atoms. The Morgan fingerprint density at radius 1 is 0.941 bits per heavy atom. The lowest BCUT2D eigenvalue weighted by atomic mass is 9.86. The van der Waals surface area contributed by atoms with E-state index in [4.69, 9.17) is 0 Å². The van der Waals surface area contributed by atoms with Gasteiger partial charge in [0.2, 0.25) is 0 Å². The second-order valence-corrected chi connectivity index (χ2v) is 5.15. The second kappa shape index (κ2) is 3.76. The summed E-state index contributed by atoms with van der Waals surface area (Å²) in [5.41, 5.74) is 0.760. The van der Waals surface area contributed by atoms with Gasteiger partial charge in [-0.1, -0.05) is 60.8 Å². The largest absolute Gasteiger partial charge is 0.377 e. The summed E-state index contributed by atoms with van der Waals surface area (Å²) in [6.45, 7) is 3.79. The van der Waals surface area contributed by atoms with Crippen LogP contribution in [0.15, 0.2) is 71.0 Å². The Balaban J connectivity index is 2.32. The van der Waals surface area contributed by atoms with Crippen molar-refractivity contribution in [2.24, 2.45) is 0 Å². The van der Waals surface area contributed by atoms with E-state index in [9.17, 15) is 5.11 Å². The van der Waals surface area contributed by atoms with Gasteiger partial charge in [0, 0.05) is 20.9 Å². The monoisotopic (exact) mass is 240 g/mol. The Hall–Kier alpha value is -1.51. The zero-order valence-electron chi connectivity index (χ0n) is 9.26. The predicted molar refractivity (Wildman–Crippen MR) is 70.2 cm³/mol. The Bertz CT molecular complexity index is 543. The number of rotatable bonds is 1. The quantitative estimate of drug-likeness (QED) is 0.769. The fourth-order valence-electron chi connectivity index (χ4n) is 2.22. The summed E-state index contributed by atoms with van der Waals surface area (Å²) in [7, 11) is 0. The van der Waals surface area contributed by atoms with Gasteiger partial charge in [0.1, 0.15) is 5.60 Å². The van der Waals surface area contributed by atoms with E-state index >= 15 is 0 Å². The standard InChI is InChI=1S/C15H12OS/c1-2-15(16)11-7-3-5-9-13(11)17-14-10-6-4-8-12(14)15/h2-10,16H,1H2. The van der Waals surface area contributed by atoms with Crippen LogP contribution in [0, 0.1) is 0 Å². The van der Waals surface area contributed by atoms with Crippen LogP contribution in [-0.4, -0.2) is 5.11 Å². The van der Waals surface area contributed by atoms with Crippen LogP contribution in [-0.2, 0) is 5.60 Å². The average Bonchev–Trinajstić information content (AvgIpc) is 2.39. The van der Waals surface area contributed by atoms with Gasteiger partial charge in [-0.05, 0) is 12.1 Å². The van der Waals surface area contributed by atoms with Crippen molar-refractivity contribution >= 4 is 11.8 Å². The minimum atomic E-state index is -1.07. The van der Waals surface area contributed by atoms with Gasteiger partial charge in [0.05, 0.1) is 0 Å². The molecule has 0 atom stereocenters. The van der Waals surface area contributed by atoms with Crippen molar-refractivity contribution in [3.8, 4) is 0 Å². The topological polar surface area (TPSA) is 20.2 Å². The molecule has 1 aliphatic heterocycles. The van der Waals surface area contributed by atoms with E-state index in [1.165, 1.54) is 0 Å². The van der Waals surface area contributed by atoms with Gasteiger partial charge in [-0.3, -0.25) is 0 Å². The van der Waals surface area contributed by atoms with Gasteiger partial charge in [-0.2, -0.15) is 0 Å². The highest BCUT2D eigenvalue weighted by Gasteiger charge is 2.36. The lowest BCUT2D eigenvalue weighted by molar-refractivity contribution is 0.128. The maximum atomic E-state index is 10.9. The Kier molecular flexibility index (Phi) is 2.35. The second-order valence-electron chi connectivity index (χ2n) is 4.06. The lowest BCUT2D eigenvalue weighted by Gasteiger charge is -2.33. The summed E-state index contributed by atoms with van der Waals surface area (Å²) in [5, 5.41) is 10.9. The van der Waals surface area contributed by atoms with Gasteiger partial charge in [-0.15, -0.1) is 0 Å². The van der Waals surface area contributed by atoms with Crippen LogP contribution in [0.5, 0.6) is 0 Å². The fourth-order valence-corrected chi connectivity index (χ4v) is 3.42. The summed E-state index contributed by atoms with van der Waals surface area (Å²) in [4.78, 5) is 2.18. The third-order valence-corrected chi connectivity index (χ3v) is 4.26. The van der Waals surface area contributed by atoms with Crippen LogP contribution in [0.25, 0.3) is 0 Å². The van der Waals surface area contributed by atoms with Crippen molar-refractivity contribution in [1.29, 1.82) is 0 Å². The number of fused-ring (bicyclic) bond motifs is 2. The Morgan fingerprint density at radius 2 is 1.41 bits per heavy atom. The summed E-state index contributed by atoms with van der Waals surface area (Å²) in [5.74, 6) is 0. The van der Waals surface area contributed by atoms with E-state index in [0.717, 1.165) is 20.9 Å². The van der Waals surface area contributed by atoms with Crippen LogP contribution in [0.1, 0.15) is 11.1 Å². The van der Waals surface area contributed by atoms with Crippen molar-refractivity contribution in [1.82, 2.24) is 0 Å². The average molecular weight is 240 g/mol. The van der Waals surface area contributed by atoms with Gasteiger partial charge < -0.3 is 5.11 Å². The van der Waals surface area contributed by atoms with Crippen molar-refractivity contribution in [3.05, 3.63) is 72.3 Å². The molecule has 2 heteroatoms. The summed E-state index contributed by atoms with van der Waals surface area (Å²) in [6, 6.07) is 15.9. The maximum Gasteiger partial charge on any atom is 0.135 e. The van der Waals surface area contributed by atoms with Crippen molar-refractivity contribution in [2.75, 3.05) is 0 Å². The zero-order valence-corrected chi connectivity index (χ0v) is 10.1. The molecule has 2 aromatic carbocycles. The summed E-state index contributed by atoms with van der Waals surface area (Å²) < 4.78 is 0. The summed E-state index contributed by atoms with van der Waals surface area (Å²) in [6.07, 6.45) is 1.62. The molecule has 0 aliphatic carbocycles. The molecule has 0 radical (unpaired) electrons. The molecule has 0 saturated heterocycles. The summed E-state index contributed by atoms with van der Waals surface area (Å²) >= 11 is 1.69.